The fourth-order valence-electron chi connectivity index (χ4n) is 4.28. The van der Waals surface area contributed by atoms with Crippen LogP contribution in [0.2, 0.25) is 0 Å². The Bertz CT molecular complexity index is 1580. The molecule has 1 amide bonds. The number of fused-ring (bicyclic) bond motifs is 1. The number of carbonyl (C=O) groups is 1. The second kappa shape index (κ2) is 12.8. The van der Waals surface area contributed by atoms with Crippen molar-refractivity contribution in [3.05, 3.63) is 101 Å². The third-order valence-electron chi connectivity index (χ3n) is 6.55. The minimum atomic E-state index is -4.51. The lowest BCUT2D eigenvalue weighted by Gasteiger charge is -2.19. The highest BCUT2D eigenvalue weighted by molar-refractivity contribution is 6.00. The molecule has 0 aliphatic rings. The summed E-state index contributed by atoms with van der Waals surface area (Å²) in [5.41, 5.74) is 8.42. The predicted octanol–water partition coefficient (Wildman–Crippen LogP) is 5.80. The van der Waals surface area contributed by atoms with E-state index in [0.29, 0.717) is 40.9 Å². The molecule has 214 valence electrons. The molecule has 4 N–H and O–H groups in total. The van der Waals surface area contributed by atoms with Crippen molar-refractivity contribution in [2.24, 2.45) is 5.73 Å². The first-order chi connectivity index (χ1) is 19.5. The number of benzene rings is 2. The first kappa shape index (κ1) is 29.5. The van der Waals surface area contributed by atoms with Crippen LogP contribution in [0, 0.1) is 5.95 Å². The standard InChI is InChI=1S/C30H29F4N5O2/c1-18(19(2)29(35)40)16-36-12-13-41-26-11-9-22(17-37-26)27(21-8-10-25-23(14-21)28(31)39-38-25)24(15-30(32,33)34)20-6-4-3-5-7-20/h3-11,14,17,36H,12-13,15-16H2,1-2H3,(H2,35,40)(H,38,39). The van der Waals surface area contributed by atoms with Gasteiger partial charge in [-0.25, -0.2) is 4.98 Å². The van der Waals surface area contributed by atoms with Gasteiger partial charge in [-0.3, -0.25) is 9.89 Å². The average molecular weight is 568 g/mol. The highest BCUT2D eigenvalue weighted by Crippen LogP contribution is 2.40. The van der Waals surface area contributed by atoms with E-state index in [-0.39, 0.29) is 29.0 Å². The van der Waals surface area contributed by atoms with Crippen molar-refractivity contribution >= 4 is 28.0 Å². The molecule has 4 rings (SSSR count). The molecule has 41 heavy (non-hydrogen) atoms. The summed E-state index contributed by atoms with van der Waals surface area (Å²) >= 11 is 0. The van der Waals surface area contributed by atoms with Crippen molar-refractivity contribution in [1.82, 2.24) is 20.5 Å². The van der Waals surface area contributed by atoms with Gasteiger partial charge in [-0.1, -0.05) is 42.0 Å². The number of amides is 1. The normalized spacial score (nSPS) is 13.1. The molecule has 4 aromatic rings. The molecule has 0 aliphatic carbocycles. The predicted molar refractivity (Wildman–Crippen MR) is 149 cm³/mol. The number of hydrogen-bond donors (Lipinski definition) is 3. The van der Waals surface area contributed by atoms with E-state index in [1.54, 1.807) is 68.4 Å². The summed E-state index contributed by atoms with van der Waals surface area (Å²) in [6, 6.07) is 16.1. The number of primary amides is 1. The van der Waals surface area contributed by atoms with Crippen LogP contribution < -0.4 is 15.8 Å². The molecule has 11 heteroatoms. The first-order valence-electron chi connectivity index (χ1n) is 12.8. The fraction of sp³-hybridized carbons (Fsp3) is 0.233. The van der Waals surface area contributed by atoms with Crippen molar-refractivity contribution in [2.45, 2.75) is 26.4 Å². The number of H-pyrrole nitrogens is 1. The van der Waals surface area contributed by atoms with Gasteiger partial charge in [-0.15, -0.1) is 0 Å². The van der Waals surface area contributed by atoms with E-state index in [0.717, 1.165) is 5.57 Å². The molecule has 0 bridgehead atoms. The van der Waals surface area contributed by atoms with Gasteiger partial charge in [-0.2, -0.15) is 22.7 Å². The van der Waals surface area contributed by atoms with E-state index in [9.17, 15) is 22.4 Å². The monoisotopic (exact) mass is 567 g/mol. The zero-order valence-corrected chi connectivity index (χ0v) is 22.5. The summed E-state index contributed by atoms with van der Waals surface area (Å²) in [5, 5.41) is 9.45. The second-order valence-electron chi connectivity index (χ2n) is 9.46. The zero-order valence-electron chi connectivity index (χ0n) is 22.5. The summed E-state index contributed by atoms with van der Waals surface area (Å²) < 4.78 is 61.7. The van der Waals surface area contributed by atoms with Crippen LogP contribution in [-0.4, -0.2) is 47.0 Å². The van der Waals surface area contributed by atoms with Gasteiger partial charge in [0.15, 0.2) is 0 Å². The maximum absolute atomic E-state index is 14.4. The van der Waals surface area contributed by atoms with E-state index in [1.807, 2.05) is 0 Å². The number of hydrogen-bond acceptors (Lipinski definition) is 5. The number of nitrogens with two attached hydrogens (primary N) is 1. The van der Waals surface area contributed by atoms with Gasteiger partial charge >= 0.3 is 6.18 Å². The van der Waals surface area contributed by atoms with Crippen LogP contribution in [0.3, 0.4) is 0 Å². The van der Waals surface area contributed by atoms with E-state index in [2.05, 4.69) is 20.5 Å². The Labute approximate surface area is 234 Å². The van der Waals surface area contributed by atoms with E-state index in [4.69, 9.17) is 10.5 Å². The molecule has 2 aromatic carbocycles. The Morgan fingerprint density at radius 1 is 1.02 bits per heavy atom. The maximum Gasteiger partial charge on any atom is 0.393 e. The third kappa shape index (κ3) is 7.57. The SMILES string of the molecule is CC(CNCCOc1ccc(C(=C(CC(F)(F)F)c2ccccc2)c2ccc3n[nH]c(F)c3c2)cn1)=C(C)C(N)=O. The summed E-state index contributed by atoms with van der Waals surface area (Å²) in [6.45, 7) is 4.64. The number of allylic oxidation sites excluding steroid dienone is 1. The van der Waals surface area contributed by atoms with Gasteiger partial charge in [0, 0.05) is 36.5 Å². The Morgan fingerprint density at radius 3 is 2.41 bits per heavy atom. The van der Waals surface area contributed by atoms with Gasteiger partial charge in [0.05, 0.1) is 17.3 Å². The molecule has 0 fully saturated rings. The highest BCUT2D eigenvalue weighted by Gasteiger charge is 2.31. The van der Waals surface area contributed by atoms with Crippen LogP contribution in [0.4, 0.5) is 17.6 Å². The molecule has 0 saturated heterocycles. The van der Waals surface area contributed by atoms with E-state index in [1.165, 1.54) is 12.3 Å². The third-order valence-corrected chi connectivity index (χ3v) is 6.55. The molecule has 0 unspecified atom stereocenters. The van der Waals surface area contributed by atoms with Crippen LogP contribution in [0.25, 0.3) is 22.0 Å². The number of nitrogens with zero attached hydrogens (tertiary/aromatic N) is 2. The molecular weight excluding hydrogens is 538 g/mol. The maximum atomic E-state index is 14.4. The Balaban J connectivity index is 1.65. The van der Waals surface area contributed by atoms with Gasteiger partial charge in [0.2, 0.25) is 17.7 Å². The molecule has 0 saturated carbocycles. The zero-order chi connectivity index (χ0) is 29.6. The lowest BCUT2D eigenvalue weighted by atomic mass is 9.88. The van der Waals surface area contributed by atoms with E-state index >= 15 is 0 Å². The number of rotatable bonds is 11. The molecule has 0 atom stereocenters. The second-order valence-corrected chi connectivity index (χ2v) is 9.46. The number of pyridine rings is 1. The number of nitrogens with one attached hydrogen (secondary N) is 2. The Morgan fingerprint density at radius 2 is 1.76 bits per heavy atom. The number of aromatic amines is 1. The summed E-state index contributed by atoms with van der Waals surface area (Å²) in [4.78, 5) is 15.6. The van der Waals surface area contributed by atoms with Crippen molar-refractivity contribution in [1.29, 1.82) is 0 Å². The van der Waals surface area contributed by atoms with Crippen molar-refractivity contribution in [3.8, 4) is 5.88 Å². The van der Waals surface area contributed by atoms with E-state index < -0.39 is 24.5 Å². The lowest BCUT2D eigenvalue weighted by Crippen LogP contribution is -2.24. The number of carbonyl (C=O) groups excluding carboxylic acids is 1. The van der Waals surface area contributed by atoms with Crippen LogP contribution in [0.15, 0.2) is 78.0 Å². The fourth-order valence-corrected chi connectivity index (χ4v) is 4.28. The van der Waals surface area contributed by atoms with Crippen molar-refractivity contribution in [3.63, 3.8) is 0 Å². The molecule has 2 heterocycles. The Kier molecular flexibility index (Phi) is 9.18. The largest absolute Gasteiger partial charge is 0.476 e. The number of alkyl halides is 3. The minimum Gasteiger partial charge on any atom is -0.476 e. The minimum absolute atomic E-state index is 0.0238. The summed E-state index contributed by atoms with van der Waals surface area (Å²) in [6.07, 6.45) is -4.27. The van der Waals surface area contributed by atoms with Gasteiger partial charge in [-0.05, 0) is 54.3 Å². The summed E-state index contributed by atoms with van der Waals surface area (Å²) in [7, 11) is 0. The molecule has 7 nitrogen and oxygen atoms in total. The molecule has 0 aliphatic heterocycles. The highest BCUT2D eigenvalue weighted by atomic mass is 19.4. The van der Waals surface area contributed by atoms with Gasteiger partial charge in [0.25, 0.3) is 0 Å². The molecule has 0 spiro atoms. The van der Waals surface area contributed by atoms with Crippen molar-refractivity contribution < 1.29 is 27.1 Å². The smallest absolute Gasteiger partial charge is 0.393 e. The van der Waals surface area contributed by atoms with Gasteiger partial charge < -0.3 is 15.8 Å². The molecule has 0 radical (unpaired) electrons. The first-order valence-corrected chi connectivity index (χ1v) is 12.8. The van der Waals surface area contributed by atoms with Crippen LogP contribution in [-0.2, 0) is 4.79 Å². The quantitative estimate of drug-likeness (QED) is 0.0920. The van der Waals surface area contributed by atoms with Gasteiger partial charge in [0.1, 0.15) is 6.61 Å². The number of ether oxygens (including phenoxy) is 1. The van der Waals surface area contributed by atoms with Crippen LogP contribution >= 0.6 is 0 Å². The van der Waals surface area contributed by atoms with Crippen molar-refractivity contribution in [2.75, 3.05) is 19.7 Å². The van der Waals surface area contributed by atoms with Crippen LogP contribution in [0.5, 0.6) is 5.88 Å². The Hall–Kier alpha value is -4.51. The summed E-state index contributed by atoms with van der Waals surface area (Å²) in [5.74, 6) is -0.869. The average Bonchev–Trinajstić information content (AvgIpc) is 3.32. The van der Waals surface area contributed by atoms with Crippen LogP contribution in [0.1, 0.15) is 37.0 Å². The lowest BCUT2D eigenvalue weighted by molar-refractivity contribution is -0.123. The molecule has 2 aromatic heterocycles. The number of halogens is 4. The topological polar surface area (TPSA) is 106 Å². The number of aromatic nitrogens is 3. The molecular formula is C30H29F4N5O2.